The zero-order valence-corrected chi connectivity index (χ0v) is 15.7. The van der Waals surface area contributed by atoms with Gasteiger partial charge in [0.2, 0.25) is 0 Å². The van der Waals surface area contributed by atoms with Crippen molar-refractivity contribution in [2.24, 2.45) is 0 Å². The van der Waals surface area contributed by atoms with Crippen molar-refractivity contribution in [3.05, 3.63) is 59.2 Å². The van der Waals surface area contributed by atoms with Crippen molar-refractivity contribution >= 4 is 11.9 Å². The lowest BCUT2D eigenvalue weighted by Crippen LogP contribution is -2.28. The summed E-state index contributed by atoms with van der Waals surface area (Å²) in [6.07, 6.45) is 0.839. The number of nitrogens with zero attached hydrogens (tertiary/aromatic N) is 1. The first-order valence-electron chi connectivity index (χ1n) is 8.77. The number of rotatable bonds is 5. The smallest absolute Gasteiger partial charge is 0.337 e. The van der Waals surface area contributed by atoms with Gasteiger partial charge in [-0.1, -0.05) is 6.07 Å². The highest BCUT2D eigenvalue weighted by atomic mass is 16.5. The van der Waals surface area contributed by atoms with Crippen LogP contribution in [0, 0.1) is 0 Å². The molecule has 1 atom stereocenters. The van der Waals surface area contributed by atoms with E-state index in [1.54, 1.807) is 43.4 Å². The monoisotopic (exact) mass is 369 g/mol. The van der Waals surface area contributed by atoms with Crippen LogP contribution in [0.15, 0.2) is 42.5 Å². The molecule has 2 aromatic carbocycles. The van der Waals surface area contributed by atoms with E-state index in [1.165, 1.54) is 7.11 Å². The Hall–Kier alpha value is -3.02. The molecule has 1 aliphatic heterocycles. The minimum absolute atomic E-state index is 0.0925. The highest BCUT2D eigenvalue weighted by Crippen LogP contribution is 2.36. The van der Waals surface area contributed by atoms with Crippen LogP contribution in [0.25, 0.3) is 0 Å². The Balaban J connectivity index is 1.78. The molecule has 1 heterocycles. The summed E-state index contributed by atoms with van der Waals surface area (Å²) in [7, 11) is 4.59. The molecule has 1 fully saturated rings. The van der Waals surface area contributed by atoms with Crippen LogP contribution in [0.4, 0.5) is 0 Å². The number of benzene rings is 2. The summed E-state index contributed by atoms with van der Waals surface area (Å²) in [5.74, 6) is 1.18. The number of ether oxygens (including phenoxy) is 3. The van der Waals surface area contributed by atoms with Crippen molar-refractivity contribution in [2.75, 3.05) is 34.4 Å². The van der Waals surface area contributed by atoms with Crippen molar-refractivity contribution in [3.8, 4) is 11.5 Å². The SMILES string of the molecule is COC(=O)c1cccc(C(=O)N2CC[C@@H](c3cc(OC)ccc3OC)C2)c1. The third-order valence-electron chi connectivity index (χ3n) is 4.88. The summed E-state index contributed by atoms with van der Waals surface area (Å²) in [4.78, 5) is 26.4. The Morgan fingerprint density at radius 3 is 2.48 bits per heavy atom. The number of carbonyl (C=O) groups excluding carboxylic acids is 2. The van der Waals surface area contributed by atoms with Crippen molar-refractivity contribution < 1.29 is 23.8 Å². The van der Waals surface area contributed by atoms with E-state index in [2.05, 4.69) is 0 Å². The molecule has 0 N–H and O–H groups in total. The van der Waals surface area contributed by atoms with Gasteiger partial charge in [-0.25, -0.2) is 4.79 Å². The standard InChI is InChI=1S/C21H23NO5/c1-25-17-7-8-19(26-2)18(12-17)16-9-10-22(13-16)20(23)14-5-4-6-15(11-14)21(24)27-3/h4-8,11-12,16H,9-10,13H2,1-3H3/t16-/m1/s1. The van der Waals surface area contributed by atoms with Crippen LogP contribution in [0.2, 0.25) is 0 Å². The number of amides is 1. The van der Waals surface area contributed by atoms with E-state index in [9.17, 15) is 9.59 Å². The highest BCUT2D eigenvalue weighted by Gasteiger charge is 2.30. The average Bonchev–Trinajstić information content (AvgIpc) is 3.22. The second-order valence-electron chi connectivity index (χ2n) is 6.42. The van der Waals surface area contributed by atoms with Gasteiger partial charge < -0.3 is 19.1 Å². The van der Waals surface area contributed by atoms with Gasteiger partial charge in [0.25, 0.3) is 5.91 Å². The average molecular weight is 369 g/mol. The molecule has 27 heavy (non-hydrogen) atoms. The Bertz CT molecular complexity index is 848. The number of hydrogen-bond donors (Lipinski definition) is 0. The number of esters is 1. The molecule has 0 aliphatic carbocycles. The van der Waals surface area contributed by atoms with Gasteiger partial charge in [-0.2, -0.15) is 0 Å². The molecule has 1 saturated heterocycles. The second kappa shape index (κ2) is 8.12. The number of carbonyl (C=O) groups is 2. The van der Waals surface area contributed by atoms with Crippen LogP contribution in [-0.4, -0.2) is 51.2 Å². The van der Waals surface area contributed by atoms with Gasteiger partial charge in [-0.3, -0.25) is 4.79 Å². The molecule has 0 unspecified atom stereocenters. The first-order valence-corrected chi connectivity index (χ1v) is 8.77. The van der Waals surface area contributed by atoms with Crippen LogP contribution >= 0.6 is 0 Å². The van der Waals surface area contributed by atoms with Gasteiger partial charge in [-0.05, 0) is 42.8 Å². The fourth-order valence-corrected chi connectivity index (χ4v) is 3.44. The van der Waals surface area contributed by atoms with E-state index in [1.807, 2.05) is 18.2 Å². The van der Waals surface area contributed by atoms with Crippen molar-refractivity contribution in [1.82, 2.24) is 4.90 Å². The van der Waals surface area contributed by atoms with Gasteiger partial charge in [0.05, 0.1) is 26.9 Å². The number of methoxy groups -OCH3 is 3. The van der Waals surface area contributed by atoms with Gasteiger partial charge in [0.15, 0.2) is 0 Å². The molecule has 0 radical (unpaired) electrons. The van der Waals surface area contributed by atoms with Crippen molar-refractivity contribution in [1.29, 1.82) is 0 Å². The lowest BCUT2D eigenvalue weighted by Gasteiger charge is -2.19. The molecule has 6 heteroatoms. The lowest BCUT2D eigenvalue weighted by atomic mass is 9.97. The molecule has 1 amide bonds. The van der Waals surface area contributed by atoms with E-state index in [0.717, 1.165) is 23.5 Å². The summed E-state index contributed by atoms with van der Waals surface area (Å²) in [5, 5.41) is 0. The summed E-state index contributed by atoms with van der Waals surface area (Å²) in [6, 6.07) is 12.3. The zero-order valence-electron chi connectivity index (χ0n) is 15.7. The molecule has 0 aromatic heterocycles. The Morgan fingerprint density at radius 2 is 1.78 bits per heavy atom. The normalized spacial score (nSPS) is 16.1. The largest absolute Gasteiger partial charge is 0.497 e. The van der Waals surface area contributed by atoms with E-state index < -0.39 is 5.97 Å². The van der Waals surface area contributed by atoms with Crippen molar-refractivity contribution in [3.63, 3.8) is 0 Å². The molecular formula is C21H23NO5. The molecule has 2 aromatic rings. The highest BCUT2D eigenvalue weighted by molar-refractivity contribution is 5.98. The van der Waals surface area contributed by atoms with Crippen molar-refractivity contribution in [2.45, 2.75) is 12.3 Å². The third kappa shape index (κ3) is 3.89. The molecule has 142 valence electrons. The Labute approximate surface area is 158 Å². The van der Waals surface area contributed by atoms with E-state index in [-0.39, 0.29) is 11.8 Å². The van der Waals surface area contributed by atoms with Crippen LogP contribution < -0.4 is 9.47 Å². The van der Waals surface area contributed by atoms with E-state index in [0.29, 0.717) is 24.2 Å². The lowest BCUT2D eigenvalue weighted by molar-refractivity contribution is 0.0600. The maximum atomic E-state index is 12.9. The molecular weight excluding hydrogens is 346 g/mol. The second-order valence-corrected chi connectivity index (χ2v) is 6.42. The van der Waals surface area contributed by atoms with Crippen LogP contribution in [-0.2, 0) is 4.74 Å². The molecule has 6 nitrogen and oxygen atoms in total. The molecule has 0 bridgehead atoms. The topological polar surface area (TPSA) is 65.1 Å². The minimum atomic E-state index is -0.454. The Kier molecular flexibility index (Phi) is 5.64. The van der Waals surface area contributed by atoms with Crippen LogP contribution in [0.1, 0.15) is 38.6 Å². The van der Waals surface area contributed by atoms with Gasteiger partial charge >= 0.3 is 5.97 Å². The third-order valence-corrected chi connectivity index (χ3v) is 4.88. The predicted octanol–water partition coefficient (Wildman–Crippen LogP) is 3.12. The maximum Gasteiger partial charge on any atom is 0.337 e. The first-order chi connectivity index (χ1) is 13.1. The van der Waals surface area contributed by atoms with E-state index in [4.69, 9.17) is 14.2 Å². The Morgan fingerprint density at radius 1 is 1.00 bits per heavy atom. The number of hydrogen-bond acceptors (Lipinski definition) is 5. The van der Waals surface area contributed by atoms with Crippen LogP contribution in [0.5, 0.6) is 11.5 Å². The zero-order chi connectivity index (χ0) is 19.4. The molecule has 0 saturated carbocycles. The van der Waals surface area contributed by atoms with Gasteiger partial charge in [0, 0.05) is 30.1 Å². The first kappa shape index (κ1) is 18.8. The maximum absolute atomic E-state index is 12.9. The molecule has 1 aliphatic rings. The quantitative estimate of drug-likeness (QED) is 0.758. The fourth-order valence-electron chi connectivity index (χ4n) is 3.44. The van der Waals surface area contributed by atoms with Gasteiger partial charge in [-0.15, -0.1) is 0 Å². The van der Waals surface area contributed by atoms with Gasteiger partial charge in [0.1, 0.15) is 11.5 Å². The summed E-state index contributed by atoms with van der Waals surface area (Å²) >= 11 is 0. The van der Waals surface area contributed by atoms with Crippen LogP contribution in [0.3, 0.4) is 0 Å². The molecule has 3 rings (SSSR count). The summed E-state index contributed by atoms with van der Waals surface area (Å²) in [5.41, 5.74) is 1.89. The molecule has 0 spiro atoms. The summed E-state index contributed by atoms with van der Waals surface area (Å²) in [6.45, 7) is 1.23. The van der Waals surface area contributed by atoms with E-state index >= 15 is 0 Å². The minimum Gasteiger partial charge on any atom is -0.497 e. The predicted molar refractivity (Wildman–Crippen MR) is 101 cm³/mol. The summed E-state index contributed by atoms with van der Waals surface area (Å²) < 4.78 is 15.5. The fraction of sp³-hybridized carbons (Fsp3) is 0.333. The number of likely N-dealkylation sites (tertiary alicyclic amines) is 1.